The van der Waals surface area contributed by atoms with Gasteiger partial charge in [0.15, 0.2) is 0 Å². The van der Waals surface area contributed by atoms with Crippen LogP contribution in [0.15, 0.2) is 90.0 Å². The van der Waals surface area contributed by atoms with E-state index in [1.807, 2.05) is 30.3 Å². The van der Waals surface area contributed by atoms with E-state index in [1.54, 1.807) is 30.3 Å². The number of amides is 1. The SMILES string of the molecule is O=C(C=Cc1ccccc1)Oc1ccccc1C=NNC(=O)c1ccc([N+](=O)[O-])cc1. The summed E-state index contributed by atoms with van der Waals surface area (Å²) in [5.41, 5.74) is 3.78. The summed E-state index contributed by atoms with van der Waals surface area (Å²) in [4.78, 5) is 34.3. The number of hydrazone groups is 1. The summed E-state index contributed by atoms with van der Waals surface area (Å²) in [5.74, 6) is -0.815. The van der Waals surface area contributed by atoms with Crippen molar-refractivity contribution >= 4 is 29.9 Å². The fraction of sp³-hybridized carbons (Fsp3) is 0. The molecule has 0 aliphatic carbocycles. The average molecular weight is 415 g/mol. The van der Waals surface area contributed by atoms with Gasteiger partial charge in [0.1, 0.15) is 5.75 Å². The standard InChI is InChI=1S/C23H17N3O5/c27-22(15-10-17-6-2-1-3-7-17)31-21-9-5-4-8-19(21)16-24-25-23(28)18-11-13-20(14-12-18)26(29)30/h1-16H,(H,25,28). The van der Waals surface area contributed by atoms with E-state index in [2.05, 4.69) is 10.5 Å². The zero-order valence-corrected chi connectivity index (χ0v) is 16.2. The van der Waals surface area contributed by atoms with E-state index in [1.165, 1.54) is 36.6 Å². The molecule has 0 unspecified atom stereocenters. The Kier molecular flexibility index (Phi) is 6.99. The second-order valence-electron chi connectivity index (χ2n) is 6.21. The van der Waals surface area contributed by atoms with Gasteiger partial charge in [0.05, 0.1) is 11.1 Å². The molecule has 0 radical (unpaired) electrons. The van der Waals surface area contributed by atoms with Gasteiger partial charge >= 0.3 is 5.97 Å². The van der Waals surface area contributed by atoms with Crippen LogP contribution in [0.1, 0.15) is 21.5 Å². The fourth-order valence-electron chi connectivity index (χ4n) is 2.51. The van der Waals surface area contributed by atoms with Crippen LogP contribution in [0.2, 0.25) is 0 Å². The van der Waals surface area contributed by atoms with Crippen molar-refractivity contribution in [2.75, 3.05) is 0 Å². The van der Waals surface area contributed by atoms with E-state index in [9.17, 15) is 19.7 Å². The average Bonchev–Trinajstić information content (AvgIpc) is 2.79. The topological polar surface area (TPSA) is 111 Å². The van der Waals surface area contributed by atoms with Crippen molar-refractivity contribution < 1.29 is 19.2 Å². The van der Waals surface area contributed by atoms with Gasteiger partial charge in [-0.25, -0.2) is 10.2 Å². The summed E-state index contributed by atoms with van der Waals surface area (Å²) in [6.07, 6.45) is 4.30. The maximum atomic E-state index is 12.1. The first-order valence-electron chi connectivity index (χ1n) is 9.15. The number of non-ortho nitro benzene ring substituents is 1. The van der Waals surface area contributed by atoms with Crippen LogP contribution in [-0.4, -0.2) is 23.0 Å². The molecule has 31 heavy (non-hydrogen) atoms. The molecular weight excluding hydrogens is 398 g/mol. The Morgan fingerprint density at radius 1 is 0.935 bits per heavy atom. The first-order chi connectivity index (χ1) is 15.0. The van der Waals surface area contributed by atoms with Gasteiger partial charge in [-0.1, -0.05) is 42.5 Å². The van der Waals surface area contributed by atoms with E-state index >= 15 is 0 Å². The number of hydrogen-bond acceptors (Lipinski definition) is 6. The molecule has 8 heteroatoms. The molecule has 0 saturated heterocycles. The summed E-state index contributed by atoms with van der Waals surface area (Å²) in [6.45, 7) is 0. The fourth-order valence-corrected chi connectivity index (χ4v) is 2.51. The number of nitro groups is 1. The van der Waals surface area contributed by atoms with Crippen LogP contribution in [0.25, 0.3) is 6.08 Å². The zero-order chi connectivity index (χ0) is 22.1. The van der Waals surface area contributed by atoms with Crippen molar-refractivity contribution in [2.45, 2.75) is 0 Å². The van der Waals surface area contributed by atoms with E-state index < -0.39 is 16.8 Å². The number of carbonyl (C=O) groups is 2. The largest absolute Gasteiger partial charge is 0.423 e. The van der Waals surface area contributed by atoms with E-state index in [0.717, 1.165) is 5.56 Å². The number of esters is 1. The van der Waals surface area contributed by atoms with E-state index in [0.29, 0.717) is 5.56 Å². The third-order valence-corrected chi connectivity index (χ3v) is 4.05. The molecule has 1 amide bonds. The summed E-state index contributed by atoms with van der Waals surface area (Å²) in [5, 5.41) is 14.5. The van der Waals surface area contributed by atoms with Gasteiger partial charge in [-0.3, -0.25) is 14.9 Å². The summed E-state index contributed by atoms with van der Waals surface area (Å²) < 4.78 is 5.35. The normalized spacial score (nSPS) is 10.8. The number of nitrogens with one attached hydrogen (secondary N) is 1. The molecular formula is C23H17N3O5. The van der Waals surface area contributed by atoms with Gasteiger partial charge in [0, 0.05) is 29.3 Å². The minimum atomic E-state index is -0.556. The lowest BCUT2D eigenvalue weighted by atomic mass is 10.2. The maximum Gasteiger partial charge on any atom is 0.336 e. The first-order valence-corrected chi connectivity index (χ1v) is 9.15. The number of nitrogens with zero attached hydrogens (tertiary/aromatic N) is 2. The Hall–Kier alpha value is -4.59. The Bertz CT molecular complexity index is 1140. The Morgan fingerprint density at radius 3 is 2.32 bits per heavy atom. The molecule has 0 spiro atoms. The maximum absolute atomic E-state index is 12.1. The van der Waals surface area contributed by atoms with Gasteiger partial charge in [0.25, 0.3) is 11.6 Å². The Labute approximate surface area is 177 Å². The number of nitro benzene ring substituents is 1. The van der Waals surface area contributed by atoms with Crippen LogP contribution in [-0.2, 0) is 4.79 Å². The molecule has 0 bridgehead atoms. The quantitative estimate of drug-likeness (QED) is 0.157. The summed E-state index contributed by atoms with van der Waals surface area (Å²) >= 11 is 0. The number of rotatable bonds is 7. The molecule has 154 valence electrons. The highest BCUT2D eigenvalue weighted by atomic mass is 16.6. The highest BCUT2D eigenvalue weighted by Crippen LogP contribution is 2.16. The van der Waals surface area contributed by atoms with Gasteiger partial charge in [-0.15, -0.1) is 0 Å². The van der Waals surface area contributed by atoms with Crippen molar-refractivity contribution in [1.29, 1.82) is 0 Å². The smallest absolute Gasteiger partial charge is 0.336 e. The van der Waals surface area contributed by atoms with Crippen molar-refractivity contribution in [3.8, 4) is 5.75 Å². The van der Waals surface area contributed by atoms with Crippen LogP contribution < -0.4 is 10.2 Å². The van der Waals surface area contributed by atoms with Gasteiger partial charge < -0.3 is 4.74 Å². The molecule has 0 aliphatic rings. The molecule has 0 heterocycles. The van der Waals surface area contributed by atoms with Crippen LogP contribution >= 0.6 is 0 Å². The molecule has 0 saturated carbocycles. The third kappa shape index (κ3) is 6.20. The van der Waals surface area contributed by atoms with E-state index in [-0.39, 0.29) is 17.0 Å². The van der Waals surface area contributed by atoms with Crippen molar-refractivity contribution in [3.63, 3.8) is 0 Å². The molecule has 0 aromatic heterocycles. The number of benzene rings is 3. The van der Waals surface area contributed by atoms with Crippen LogP contribution in [0.4, 0.5) is 5.69 Å². The number of carbonyl (C=O) groups excluding carboxylic acids is 2. The van der Waals surface area contributed by atoms with E-state index in [4.69, 9.17) is 4.74 Å². The minimum Gasteiger partial charge on any atom is -0.423 e. The Morgan fingerprint density at radius 2 is 1.61 bits per heavy atom. The van der Waals surface area contributed by atoms with Gasteiger partial charge in [0.2, 0.25) is 0 Å². The van der Waals surface area contributed by atoms with Crippen molar-refractivity contribution in [3.05, 3.63) is 112 Å². The second kappa shape index (κ2) is 10.3. The molecule has 3 aromatic rings. The predicted octanol–water partition coefficient (Wildman–Crippen LogP) is 3.98. The van der Waals surface area contributed by atoms with Crippen molar-refractivity contribution in [1.82, 2.24) is 5.43 Å². The first kappa shape index (κ1) is 21.1. The van der Waals surface area contributed by atoms with Crippen molar-refractivity contribution in [2.24, 2.45) is 5.10 Å². The highest BCUT2D eigenvalue weighted by molar-refractivity contribution is 5.95. The third-order valence-electron chi connectivity index (χ3n) is 4.05. The molecule has 0 atom stereocenters. The summed E-state index contributed by atoms with van der Waals surface area (Å²) in [7, 11) is 0. The number of ether oxygens (including phenoxy) is 1. The minimum absolute atomic E-state index is 0.114. The molecule has 0 fully saturated rings. The van der Waals surface area contributed by atoms with Crippen LogP contribution in [0.5, 0.6) is 5.75 Å². The lowest BCUT2D eigenvalue weighted by Gasteiger charge is -2.05. The lowest BCUT2D eigenvalue weighted by molar-refractivity contribution is -0.384. The van der Waals surface area contributed by atoms with Crippen LogP contribution in [0, 0.1) is 10.1 Å². The second-order valence-corrected chi connectivity index (χ2v) is 6.21. The lowest BCUT2D eigenvalue weighted by Crippen LogP contribution is -2.17. The van der Waals surface area contributed by atoms with Gasteiger partial charge in [-0.05, 0) is 35.9 Å². The zero-order valence-electron chi connectivity index (χ0n) is 16.2. The molecule has 3 aromatic carbocycles. The molecule has 0 aliphatic heterocycles. The number of para-hydroxylation sites is 1. The molecule has 1 N–H and O–H groups in total. The monoisotopic (exact) mass is 415 g/mol. The summed E-state index contributed by atoms with van der Waals surface area (Å²) in [6, 6.07) is 21.2. The van der Waals surface area contributed by atoms with Crippen LogP contribution in [0.3, 0.4) is 0 Å². The molecule has 3 rings (SSSR count). The van der Waals surface area contributed by atoms with Gasteiger partial charge in [-0.2, -0.15) is 5.10 Å². The number of hydrogen-bond donors (Lipinski definition) is 1. The Balaban J connectivity index is 1.62. The highest BCUT2D eigenvalue weighted by Gasteiger charge is 2.09. The molecule has 8 nitrogen and oxygen atoms in total. The predicted molar refractivity (Wildman–Crippen MR) is 116 cm³/mol.